The molecule has 648 valence electrons. The molecule has 6 saturated carbocycles. The lowest BCUT2D eigenvalue weighted by Gasteiger charge is -2.35. The third-order valence-corrected chi connectivity index (χ3v) is 27.7. The van der Waals surface area contributed by atoms with E-state index in [1.165, 1.54) is 32.1 Å². The Morgan fingerprint density at radius 1 is 0.576 bits per heavy atom. The van der Waals surface area contributed by atoms with Gasteiger partial charge in [0, 0.05) is 31.1 Å². The van der Waals surface area contributed by atoms with E-state index in [-0.39, 0.29) is 80.8 Å². The zero-order valence-electron chi connectivity index (χ0n) is 65.8. The zero-order chi connectivity index (χ0) is 85.3. The number of hydrogen-bond donors (Lipinski definition) is 6. The number of alkyl halides is 8. The Labute approximate surface area is 680 Å². The van der Waals surface area contributed by atoms with Crippen molar-refractivity contribution < 1.29 is 124 Å². The van der Waals surface area contributed by atoms with Gasteiger partial charge in [0.2, 0.25) is 62.4 Å². The molecule has 2 aromatic carbocycles. The van der Waals surface area contributed by atoms with Gasteiger partial charge in [0.25, 0.3) is 5.91 Å². The molecule has 0 radical (unpaired) electrons. The number of aromatic nitrogens is 4. The number of hydrogen-bond acceptors (Lipinski definition) is 23. The monoisotopic (exact) mass is 1730 g/mol. The van der Waals surface area contributed by atoms with Gasteiger partial charge in [-0.1, -0.05) is 78.0 Å². The molecule has 6 aliphatic carbocycles. The summed E-state index contributed by atoms with van der Waals surface area (Å²) in [6, 6.07) is 7.44. The van der Waals surface area contributed by atoms with Crippen LogP contribution in [0.25, 0.3) is 22.1 Å². The lowest BCUT2D eigenvalue weighted by atomic mass is 9.85. The Bertz CT molecular complexity index is 4850. The smallest absolute Gasteiger partial charge is 0.408 e. The van der Waals surface area contributed by atoms with Crippen LogP contribution in [0, 0.1) is 28.1 Å². The van der Waals surface area contributed by atoms with E-state index >= 15 is 17.6 Å². The number of sulfonamides is 2. The van der Waals surface area contributed by atoms with Gasteiger partial charge in [0.1, 0.15) is 48.1 Å². The van der Waals surface area contributed by atoms with Crippen LogP contribution in [0.2, 0.25) is 0 Å². The highest BCUT2D eigenvalue weighted by Gasteiger charge is 2.68. The number of nitrogens with one attached hydrogen (secondary N) is 4. The van der Waals surface area contributed by atoms with Gasteiger partial charge in [0.15, 0.2) is 17.2 Å². The molecule has 4 bridgehead atoms. The number of carbonyl (C=O) groups is 8. The van der Waals surface area contributed by atoms with Gasteiger partial charge in [-0.2, -0.15) is 17.6 Å². The Morgan fingerprint density at radius 3 is 1.33 bits per heavy atom. The number of rotatable bonds is 12. The third-order valence-electron chi connectivity index (χ3n) is 23.4. The van der Waals surface area contributed by atoms with Gasteiger partial charge in [-0.15, -0.1) is 12.4 Å². The molecule has 4 aliphatic heterocycles. The van der Waals surface area contributed by atoms with Crippen LogP contribution in [0.3, 0.4) is 0 Å². The van der Waals surface area contributed by atoms with Crippen LogP contribution >= 0.6 is 12.4 Å². The fraction of sp³-hybridized carbons (Fsp3) is 0.636. The first-order valence-electron chi connectivity index (χ1n) is 38.6. The molecule has 118 heavy (non-hydrogen) atoms. The van der Waals surface area contributed by atoms with Crippen molar-refractivity contribution in [3.63, 3.8) is 0 Å². The molecule has 14 atom stereocenters. The number of halogens is 9. The number of carboxylic acids is 1. The average Bonchev–Trinajstić information content (AvgIpc) is 1.57. The van der Waals surface area contributed by atoms with Crippen LogP contribution in [-0.2, 0) is 79.6 Å². The number of nitrogens with zero attached hydrogens (tertiary/aromatic N) is 6. The summed E-state index contributed by atoms with van der Waals surface area (Å²) in [6.45, 7) is 12.0. The molecule has 2 saturated heterocycles. The highest BCUT2D eigenvalue weighted by atomic mass is 35.5. The zero-order valence-corrected chi connectivity index (χ0v) is 68.2. The van der Waals surface area contributed by atoms with E-state index in [4.69, 9.17) is 34.2 Å². The largest absolute Gasteiger partial charge is 0.480 e. The van der Waals surface area contributed by atoms with Crippen LogP contribution < -0.4 is 35.3 Å². The summed E-state index contributed by atoms with van der Waals surface area (Å²) < 4.78 is 202. The molecular weight excluding hydrogens is 1630 g/mol. The van der Waals surface area contributed by atoms with Crippen LogP contribution in [0.4, 0.5) is 44.7 Å². The lowest BCUT2D eigenvalue weighted by Crippen LogP contribution is -2.57. The predicted octanol–water partition coefficient (Wildman–Crippen LogP) is 9.14. The molecule has 41 heteroatoms. The molecule has 10 aliphatic rings. The molecular formula is C77H96ClF8N11O19S2. The number of nitrogens with two attached hydrogens (primary N) is 1. The first kappa shape index (κ1) is 90.0. The summed E-state index contributed by atoms with van der Waals surface area (Å²) in [4.78, 5) is 126. The van der Waals surface area contributed by atoms with E-state index in [2.05, 4.69) is 30.6 Å². The molecule has 4 aromatic rings. The summed E-state index contributed by atoms with van der Waals surface area (Å²) in [6.07, 6.45) is -6.10. The van der Waals surface area contributed by atoms with Crippen molar-refractivity contribution in [2.24, 2.45) is 33.8 Å². The second-order valence-corrected chi connectivity index (χ2v) is 38.8. The number of para-hydroxylation sites is 4. The number of carboxylic acid groups (broad SMARTS) is 1. The van der Waals surface area contributed by atoms with Crippen molar-refractivity contribution in [1.82, 2.24) is 49.8 Å². The van der Waals surface area contributed by atoms with Crippen molar-refractivity contribution in [3.8, 4) is 11.8 Å². The number of carbonyl (C=O) groups excluding carboxylic acids is 7. The number of benzene rings is 2. The van der Waals surface area contributed by atoms with Crippen molar-refractivity contribution in [3.05, 3.63) is 84.2 Å². The predicted molar refractivity (Wildman–Crippen MR) is 406 cm³/mol. The molecule has 2 aromatic heterocycles. The second kappa shape index (κ2) is 33.7. The number of fused-ring (bicyclic) bond motifs is 10. The van der Waals surface area contributed by atoms with Gasteiger partial charge in [-0.05, 0) is 138 Å². The Hall–Kier alpha value is -8.73. The van der Waals surface area contributed by atoms with E-state index in [1.54, 1.807) is 77.9 Å². The normalized spacial score (nSPS) is 30.9. The van der Waals surface area contributed by atoms with E-state index in [0.29, 0.717) is 69.0 Å². The molecule has 14 rings (SSSR count). The number of allylic oxidation sites excluding steroid dienone is 2. The molecule has 6 amide bonds. The average molecular weight is 1730 g/mol. The van der Waals surface area contributed by atoms with Crippen LogP contribution in [0.1, 0.15) is 163 Å². The van der Waals surface area contributed by atoms with E-state index in [1.807, 2.05) is 9.44 Å². The molecule has 8 fully saturated rings. The van der Waals surface area contributed by atoms with E-state index in [9.17, 15) is 77.9 Å². The van der Waals surface area contributed by atoms with Crippen molar-refractivity contribution in [1.29, 1.82) is 0 Å². The van der Waals surface area contributed by atoms with E-state index < -0.39 is 239 Å². The van der Waals surface area contributed by atoms with Gasteiger partial charge >= 0.3 is 30.0 Å². The second-order valence-electron chi connectivity index (χ2n) is 34.4. The van der Waals surface area contributed by atoms with Crippen molar-refractivity contribution >= 4 is 102 Å². The fourth-order valence-electron chi connectivity index (χ4n) is 15.3. The minimum atomic E-state index is -4.26. The first-order chi connectivity index (χ1) is 54.6. The number of alkyl carbamates (subject to hydrolysis) is 2. The molecule has 0 unspecified atom stereocenters. The maximum atomic E-state index is 16.1. The summed E-state index contributed by atoms with van der Waals surface area (Å²) in [7, 11) is -8.07. The SMILES string of the molecule is CC(C)(C)[C@@H]1NC(=O)O[C@@H]2CCC[C@H]2OC/C=C/C(F)(F)c2nc3ccccc3nc2O[C@@H]2C[C@@H](C(=O)C[C@]3(C(=O)NS(=O)(=O)C4(C)CC4)C[C@H]3C(F)F)N(C2)C1=O.CC(C)(C)[C@@H]1NC(=O)O[C@@H]2CCC[C@H]2OC/C=C/C(F)(F)c2nc3ccccc3nc2O[C@@H]2C[C@@H](C(=O)O)N(C2)C1=O.CC1(S(=O)(=O)NC(=O)[C@@]2(N)C[C@H]2C(F)F)CC1.Cl. The minimum absolute atomic E-state index is 0. The fourth-order valence-corrected chi connectivity index (χ4v) is 18.0. The highest BCUT2D eigenvalue weighted by Crippen LogP contribution is 2.60. The van der Waals surface area contributed by atoms with Gasteiger partial charge in [0.05, 0.1) is 81.5 Å². The van der Waals surface area contributed by atoms with Gasteiger partial charge < -0.3 is 59.7 Å². The number of Topliss-reactive ketones (excluding diaryl/α,β-unsaturated/α-hetero) is 1. The van der Waals surface area contributed by atoms with Crippen molar-refractivity contribution in [2.75, 3.05) is 26.3 Å². The molecule has 0 spiro atoms. The topological polar surface area (TPSA) is 413 Å². The minimum Gasteiger partial charge on any atom is -0.480 e. The summed E-state index contributed by atoms with van der Waals surface area (Å²) in [5, 5.41) is 15.2. The standard InChI is InChI=1S/C39H47F4N5O9S.C29H34F2N4O7.C9H14F2N2O3S.ClH/c1-36(2,3)30-33(50)48-20-21(17-25(48)26(49)19-38(18-22(38)31(40)41)34(51)47-58(53,54)37(4)14-15-37)56-32-29(44-23-9-5-6-10-24(23)45-32)39(42,43)13-8-16-55-27-11-7-12-28(27)57-35(52)46-30;1-28(2,3)23-25(36)35-15-16(14-19(35)26(37)38)41-24-22(32-17-8-4-5-9-18(17)33-24)29(30,31)12-7-13-40-20-10-6-11-21(20)42-27(39)34-23;1-8(2-3-8)17(15,16)13-7(14)9(12)4-5(9)6(10)11;/h5-6,8-10,13,21-22,25,27-28,30-31H,7,11-12,14-20H2,1-4H3,(H,46,52)(H,47,51);4-5,7-9,12,16,19-21,23H,6,10-11,13-15H2,1-3H3,(H,34,39)(H,37,38);5-6H,2-4,12H2,1H3,(H,13,14);1H/b13-8+;12-7+;;/t21-,22+,25+,27-,28-,30-,38-;16-,19+,20-,21-,23-;5-,9+;/m110./s1. The Morgan fingerprint density at radius 2 is 0.958 bits per heavy atom. The van der Waals surface area contributed by atoms with Crippen LogP contribution in [0.5, 0.6) is 11.8 Å². The number of ketones is 1. The summed E-state index contributed by atoms with van der Waals surface area (Å²) in [5.74, 6) is -17.2. The molecule has 30 nitrogen and oxygen atoms in total. The molecule has 7 N–H and O–H groups in total. The summed E-state index contributed by atoms with van der Waals surface area (Å²) >= 11 is 0. The number of amides is 6. The highest BCUT2D eigenvalue weighted by molar-refractivity contribution is 7.92. The summed E-state index contributed by atoms with van der Waals surface area (Å²) in [5.41, 5.74) is -0.910. The van der Waals surface area contributed by atoms with Crippen LogP contribution in [-0.4, -0.2) is 214 Å². The maximum Gasteiger partial charge on any atom is 0.408 e. The Balaban J connectivity index is 0.000000197. The lowest BCUT2D eigenvalue weighted by molar-refractivity contribution is -0.150. The first-order valence-corrected chi connectivity index (χ1v) is 41.6. The van der Waals surface area contributed by atoms with Gasteiger partial charge in [-0.3, -0.25) is 33.4 Å². The van der Waals surface area contributed by atoms with Gasteiger partial charge in [-0.25, -0.2) is 68.7 Å². The number of aliphatic carboxylic acids is 1. The molecule has 6 heterocycles. The van der Waals surface area contributed by atoms with Crippen LogP contribution in [0.15, 0.2) is 72.8 Å². The quantitative estimate of drug-likeness (QED) is 0.0568. The number of ether oxygens (including phenoxy) is 6. The third kappa shape index (κ3) is 19.3. The van der Waals surface area contributed by atoms with E-state index in [0.717, 1.165) is 15.9 Å². The maximum absolute atomic E-state index is 16.1. The van der Waals surface area contributed by atoms with Crippen molar-refractivity contribution in [2.45, 2.75) is 252 Å². The Kier molecular flexibility index (Phi) is 25.7.